The predicted molar refractivity (Wildman–Crippen MR) is 101 cm³/mol. The zero-order valence-electron chi connectivity index (χ0n) is 13.5. The van der Waals surface area contributed by atoms with E-state index in [1.165, 1.54) is 35.1 Å². The molecule has 0 aliphatic heterocycles. The number of halogens is 1. The van der Waals surface area contributed by atoms with Crippen molar-refractivity contribution < 1.29 is 9.72 Å². The number of nitrogens with one attached hydrogen (secondary N) is 1. The number of nitro benzene ring substituents is 1. The van der Waals surface area contributed by atoms with Crippen LogP contribution in [0, 0.1) is 10.1 Å². The maximum atomic E-state index is 12.3. The minimum absolute atomic E-state index is 0.0700. The Hall–Kier alpha value is -2.77. The van der Waals surface area contributed by atoms with Crippen LogP contribution < -0.4 is 5.32 Å². The van der Waals surface area contributed by atoms with Gasteiger partial charge >= 0.3 is 0 Å². The third kappa shape index (κ3) is 4.44. The van der Waals surface area contributed by atoms with Crippen LogP contribution in [0.5, 0.6) is 0 Å². The molecule has 0 unspecified atom stereocenters. The van der Waals surface area contributed by atoms with Gasteiger partial charge in [0.05, 0.1) is 32.8 Å². The van der Waals surface area contributed by atoms with Crippen LogP contribution in [0.2, 0.25) is 5.02 Å². The molecule has 0 saturated heterocycles. The molecule has 0 bridgehead atoms. The summed E-state index contributed by atoms with van der Waals surface area (Å²) in [4.78, 5) is 27.0. The number of carbonyl (C=O) groups is 1. The topological polar surface area (TPSA) is 85.1 Å². The van der Waals surface area contributed by atoms with Crippen molar-refractivity contribution in [1.82, 2.24) is 10.3 Å². The Labute approximate surface area is 158 Å². The van der Waals surface area contributed by atoms with E-state index in [-0.39, 0.29) is 22.8 Å². The van der Waals surface area contributed by atoms with E-state index < -0.39 is 10.8 Å². The first kappa shape index (κ1) is 18.0. The van der Waals surface area contributed by atoms with Gasteiger partial charge in [0.25, 0.3) is 11.6 Å². The van der Waals surface area contributed by atoms with Crippen molar-refractivity contribution in [2.75, 3.05) is 0 Å². The van der Waals surface area contributed by atoms with Crippen LogP contribution in [0.4, 0.5) is 5.69 Å². The second-order valence-electron chi connectivity index (χ2n) is 5.50. The fourth-order valence-corrected chi connectivity index (χ4v) is 3.38. The summed E-state index contributed by atoms with van der Waals surface area (Å²) in [5.41, 5.74) is 1.79. The van der Waals surface area contributed by atoms with Gasteiger partial charge in [-0.25, -0.2) is 4.98 Å². The largest absolute Gasteiger partial charge is 0.346 e. The number of rotatable bonds is 6. The molecule has 2 aromatic carbocycles. The fourth-order valence-electron chi connectivity index (χ4n) is 2.35. The summed E-state index contributed by atoms with van der Waals surface area (Å²) in [6, 6.07) is 13.8. The number of benzene rings is 2. The Morgan fingerprint density at radius 1 is 1.23 bits per heavy atom. The van der Waals surface area contributed by atoms with E-state index in [2.05, 4.69) is 10.3 Å². The molecule has 132 valence electrons. The van der Waals surface area contributed by atoms with Gasteiger partial charge in [-0.2, -0.15) is 0 Å². The molecule has 0 atom stereocenters. The zero-order valence-corrected chi connectivity index (χ0v) is 15.1. The molecule has 1 aromatic heterocycles. The summed E-state index contributed by atoms with van der Waals surface area (Å²) >= 11 is 7.50. The lowest BCUT2D eigenvalue weighted by molar-refractivity contribution is -0.384. The molecule has 0 saturated carbocycles. The van der Waals surface area contributed by atoms with E-state index in [1.807, 2.05) is 35.7 Å². The molecule has 3 aromatic rings. The third-order valence-corrected chi connectivity index (χ3v) is 4.86. The van der Waals surface area contributed by atoms with E-state index in [4.69, 9.17) is 11.6 Å². The van der Waals surface area contributed by atoms with Crippen LogP contribution in [0.1, 0.15) is 26.6 Å². The van der Waals surface area contributed by atoms with E-state index in [0.29, 0.717) is 0 Å². The van der Waals surface area contributed by atoms with Crippen LogP contribution in [0.25, 0.3) is 0 Å². The molecule has 0 aliphatic rings. The third-order valence-electron chi connectivity index (χ3n) is 3.63. The van der Waals surface area contributed by atoms with Gasteiger partial charge in [0.2, 0.25) is 0 Å². The molecule has 1 heterocycles. The SMILES string of the molecule is O=C(NCc1csc(Cc2ccccc2)n1)c1cc([N+](=O)[O-])ccc1Cl. The Bertz CT molecular complexity index is 944. The molecule has 0 fully saturated rings. The molecule has 0 spiro atoms. The summed E-state index contributed by atoms with van der Waals surface area (Å²) in [6.07, 6.45) is 0.732. The predicted octanol–water partition coefficient (Wildman–Crippen LogP) is 4.23. The number of aromatic nitrogens is 1. The molecule has 8 heteroatoms. The Morgan fingerprint density at radius 3 is 2.73 bits per heavy atom. The van der Waals surface area contributed by atoms with Crippen molar-refractivity contribution >= 4 is 34.5 Å². The lowest BCUT2D eigenvalue weighted by Gasteiger charge is -2.05. The monoisotopic (exact) mass is 387 g/mol. The number of thiazole rings is 1. The summed E-state index contributed by atoms with van der Waals surface area (Å²) in [7, 11) is 0. The minimum Gasteiger partial charge on any atom is -0.346 e. The van der Waals surface area contributed by atoms with Crippen LogP contribution in [-0.4, -0.2) is 15.8 Å². The van der Waals surface area contributed by atoms with Crippen molar-refractivity contribution in [3.63, 3.8) is 0 Å². The average molecular weight is 388 g/mol. The van der Waals surface area contributed by atoms with Gasteiger partial charge in [-0.15, -0.1) is 11.3 Å². The highest BCUT2D eigenvalue weighted by Gasteiger charge is 2.16. The normalized spacial score (nSPS) is 10.5. The van der Waals surface area contributed by atoms with Crippen LogP contribution in [0.3, 0.4) is 0 Å². The Balaban J connectivity index is 1.63. The summed E-state index contributed by atoms with van der Waals surface area (Å²) in [5, 5.41) is 16.5. The van der Waals surface area contributed by atoms with E-state index in [9.17, 15) is 14.9 Å². The van der Waals surface area contributed by atoms with Gasteiger partial charge in [0.1, 0.15) is 0 Å². The lowest BCUT2D eigenvalue weighted by atomic mass is 10.2. The van der Waals surface area contributed by atoms with Crippen molar-refractivity contribution in [2.24, 2.45) is 0 Å². The van der Waals surface area contributed by atoms with Crippen LogP contribution in [0.15, 0.2) is 53.9 Å². The maximum Gasteiger partial charge on any atom is 0.270 e. The first-order valence-electron chi connectivity index (χ1n) is 7.72. The molecule has 0 radical (unpaired) electrons. The quantitative estimate of drug-likeness (QED) is 0.506. The fraction of sp³-hybridized carbons (Fsp3) is 0.111. The summed E-state index contributed by atoms with van der Waals surface area (Å²) in [5.74, 6) is -0.476. The minimum atomic E-state index is -0.566. The molecule has 1 amide bonds. The van der Waals surface area contributed by atoms with Gasteiger partial charge in [0.15, 0.2) is 0 Å². The van der Waals surface area contributed by atoms with E-state index in [0.717, 1.165) is 17.1 Å². The standard InChI is InChI=1S/C18H14ClN3O3S/c19-16-7-6-14(22(24)25)9-15(16)18(23)20-10-13-11-26-17(21-13)8-12-4-2-1-3-5-12/h1-7,9,11H,8,10H2,(H,20,23). The van der Waals surface area contributed by atoms with Gasteiger partial charge in [0, 0.05) is 23.9 Å². The number of carbonyl (C=O) groups excluding carboxylic acids is 1. The molecule has 0 aliphatic carbocycles. The average Bonchev–Trinajstić information content (AvgIpc) is 3.08. The number of hydrogen-bond acceptors (Lipinski definition) is 5. The number of nitrogens with zero attached hydrogens (tertiary/aromatic N) is 2. The molecular weight excluding hydrogens is 374 g/mol. The number of hydrogen-bond donors (Lipinski definition) is 1. The second-order valence-corrected chi connectivity index (χ2v) is 6.85. The number of amides is 1. The second kappa shape index (κ2) is 8.07. The molecule has 3 rings (SSSR count). The highest BCUT2D eigenvalue weighted by atomic mass is 35.5. The highest BCUT2D eigenvalue weighted by Crippen LogP contribution is 2.22. The van der Waals surface area contributed by atoms with Gasteiger partial charge in [-0.1, -0.05) is 41.9 Å². The van der Waals surface area contributed by atoms with Crippen LogP contribution in [-0.2, 0) is 13.0 Å². The first-order valence-corrected chi connectivity index (χ1v) is 8.98. The number of non-ortho nitro benzene ring substituents is 1. The highest BCUT2D eigenvalue weighted by molar-refractivity contribution is 7.09. The van der Waals surface area contributed by atoms with Crippen molar-refractivity contribution in [1.29, 1.82) is 0 Å². The Morgan fingerprint density at radius 2 is 2.00 bits per heavy atom. The zero-order chi connectivity index (χ0) is 18.5. The molecular formula is C18H14ClN3O3S. The lowest BCUT2D eigenvalue weighted by Crippen LogP contribution is -2.23. The number of nitro groups is 1. The molecule has 1 N–H and O–H groups in total. The van der Waals surface area contributed by atoms with Crippen molar-refractivity contribution in [3.05, 3.63) is 90.9 Å². The van der Waals surface area contributed by atoms with Crippen LogP contribution >= 0.6 is 22.9 Å². The molecule has 6 nitrogen and oxygen atoms in total. The molecule has 26 heavy (non-hydrogen) atoms. The van der Waals surface area contributed by atoms with Crippen molar-refractivity contribution in [2.45, 2.75) is 13.0 Å². The van der Waals surface area contributed by atoms with Gasteiger partial charge in [-0.3, -0.25) is 14.9 Å². The van der Waals surface area contributed by atoms with E-state index in [1.54, 1.807) is 0 Å². The first-order chi connectivity index (χ1) is 12.5. The maximum absolute atomic E-state index is 12.3. The smallest absolute Gasteiger partial charge is 0.270 e. The van der Waals surface area contributed by atoms with E-state index >= 15 is 0 Å². The Kier molecular flexibility index (Phi) is 5.60. The van der Waals surface area contributed by atoms with Gasteiger partial charge in [-0.05, 0) is 11.6 Å². The van der Waals surface area contributed by atoms with Crippen molar-refractivity contribution in [3.8, 4) is 0 Å². The summed E-state index contributed by atoms with van der Waals surface area (Å²) < 4.78 is 0. The summed E-state index contributed by atoms with van der Waals surface area (Å²) in [6.45, 7) is 0.225. The van der Waals surface area contributed by atoms with Gasteiger partial charge < -0.3 is 5.32 Å².